The molecule has 0 spiro atoms. The maximum Gasteiger partial charge on any atom is 0.123 e. The van der Waals surface area contributed by atoms with Crippen molar-refractivity contribution in [1.29, 1.82) is 0 Å². The monoisotopic (exact) mass is 378 g/mol. The smallest absolute Gasteiger partial charge is 0.123 e. The average Bonchev–Trinajstić information content (AvgIpc) is 3.25. The molecule has 3 aliphatic heterocycles. The van der Waals surface area contributed by atoms with Gasteiger partial charge in [-0.3, -0.25) is 0 Å². The summed E-state index contributed by atoms with van der Waals surface area (Å²) in [4.78, 5) is 2.52. The van der Waals surface area contributed by atoms with Crippen LogP contribution in [0.15, 0.2) is 54.7 Å². The molecule has 3 aromatic rings. The number of benzene rings is 2. The van der Waals surface area contributed by atoms with Gasteiger partial charge in [0.1, 0.15) is 23.9 Å². The lowest BCUT2D eigenvalue weighted by molar-refractivity contribution is 0.0504. The SMILES string of the molecule is Fc1ccc(COc2cccc(-c3cn(C4CN5CCC4CC5)nn3)c2)cc1. The van der Waals surface area contributed by atoms with E-state index < -0.39 is 0 Å². The second-order valence-electron chi connectivity index (χ2n) is 7.73. The number of halogens is 1. The van der Waals surface area contributed by atoms with Gasteiger partial charge in [-0.05, 0) is 61.7 Å². The lowest BCUT2D eigenvalue weighted by atomic mass is 9.84. The first-order chi connectivity index (χ1) is 13.7. The molecular weight excluding hydrogens is 355 g/mol. The van der Waals surface area contributed by atoms with Crippen molar-refractivity contribution in [2.75, 3.05) is 19.6 Å². The minimum absolute atomic E-state index is 0.239. The van der Waals surface area contributed by atoms with Crippen molar-refractivity contribution in [1.82, 2.24) is 19.9 Å². The summed E-state index contributed by atoms with van der Waals surface area (Å²) >= 11 is 0. The van der Waals surface area contributed by atoms with E-state index in [0.717, 1.165) is 29.1 Å². The third-order valence-electron chi connectivity index (χ3n) is 5.92. The van der Waals surface area contributed by atoms with Crippen LogP contribution in [0.5, 0.6) is 5.75 Å². The van der Waals surface area contributed by atoms with E-state index in [9.17, 15) is 4.39 Å². The maximum absolute atomic E-state index is 13.0. The number of rotatable bonds is 5. The number of nitrogens with zero attached hydrogens (tertiary/aromatic N) is 4. The van der Waals surface area contributed by atoms with Gasteiger partial charge < -0.3 is 9.64 Å². The number of hydrogen-bond donors (Lipinski definition) is 0. The first-order valence-corrected chi connectivity index (χ1v) is 9.86. The zero-order valence-electron chi connectivity index (χ0n) is 15.7. The number of piperidine rings is 3. The third-order valence-corrected chi connectivity index (χ3v) is 5.92. The van der Waals surface area contributed by atoms with E-state index in [2.05, 4.69) is 26.1 Å². The molecule has 0 N–H and O–H groups in total. The zero-order chi connectivity index (χ0) is 18.9. The molecule has 3 saturated heterocycles. The Hall–Kier alpha value is -2.73. The predicted molar refractivity (Wildman–Crippen MR) is 104 cm³/mol. The molecule has 3 fully saturated rings. The van der Waals surface area contributed by atoms with Gasteiger partial charge in [-0.1, -0.05) is 29.5 Å². The van der Waals surface area contributed by atoms with E-state index >= 15 is 0 Å². The lowest BCUT2D eigenvalue weighted by Gasteiger charge is -2.44. The molecule has 5 nitrogen and oxygen atoms in total. The average molecular weight is 378 g/mol. The second kappa shape index (κ2) is 7.36. The molecule has 0 amide bonds. The van der Waals surface area contributed by atoms with Crippen LogP contribution in [0.3, 0.4) is 0 Å². The standard InChI is InChI=1S/C22H23FN4O/c23-19-6-4-16(5-7-19)15-28-20-3-1-2-18(12-20)21-13-27(25-24-21)22-14-26-10-8-17(22)9-11-26/h1-7,12-13,17,22H,8-11,14-15H2. The first-order valence-electron chi connectivity index (χ1n) is 9.86. The van der Waals surface area contributed by atoms with Crippen LogP contribution in [-0.2, 0) is 6.61 Å². The van der Waals surface area contributed by atoms with Crippen LogP contribution in [-0.4, -0.2) is 39.5 Å². The Balaban J connectivity index is 1.30. The largest absolute Gasteiger partial charge is 0.489 e. The maximum atomic E-state index is 13.0. The minimum Gasteiger partial charge on any atom is -0.489 e. The predicted octanol–water partition coefficient (Wildman–Crippen LogP) is 3.93. The summed E-state index contributed by atoms with van der Waals surface area (Å²) in [6.45, 7) is 3.91. The van der Waals surface area contributed by atoms with E-state index in [-0.39, 0.29) is 5.82 Å². The van der Waals surface area contributed by atoms with Crippen LogP contribution in [0, 0.1) is 11.7 Å². The molecule has 6 rings (SSSR count). The lowest BCUT2D eigenvalue weighted by Crippen LogP contribution is -2.48. The molecule has 0 radical (unpaired) electrons. The molecule has 1 aromatic heterocycles. The summed E-state index contributed by atoms with van der Waals surface area (Å²) in [5, 5.41) is 8.84. The molecule has 144 valence electrons. The number of ether oxygens (including phenoxy) is 1. The van der Waals surface area contributed by atoms with Crippen LogP contribution >= 0.6 is 0 Å². The van der Waals surface area contributed by atoms with Crippen molar-refractivity contribution in [2.45, 2.75) is 25.5 Å². The highest BCUT2D eigenvalue weighted by atomic mass is 19.1. The van der Waals surface area contributed by atoms with Crippen molar-refractivity contribution in [3.63, 3.8) is 0 Å². The summed E-state index contributed by atoms with van der Waals surface area (Å²) in [5.41, 5.74) is 2.79. The van der Waals surface area contributed by atoms with Gasteiger partial charge in [0.05, 0.1) is 12.2 Å². The van der Waals surface area contributed by atoms with E-state index in [1.807, 2.05) is 24.3 Å². The highest BCUT2D eigenvalue weighted by Gasteiger charge is 2.35. The molecule has 0 saturated carbocycles. The van der Waals surface area contributed by atoms with Gasteiger partial charge in [0, 0.05) is 12.1 Å². The highest BCUT2D eigenvalue weighted by Crippen LogP contribution is 2.35. The second-order valence-corrected chi connectivity index (χ2v) is 7.73. The Morgan fingerprint density at radius 3 is 2.64 bits per heavy atom. The van der Waals surface area contributed by atoms with Gasteiger partial charge in [-0.15, -0.1) is 5.10 Å². The molecule has 1 atom stereocenters. The number of aromatic nitrogens is 3. The topological polar surface area (TPSA) is 43.2 Å². The Bertz CT molecular complexity index is 947. The normalized spacial score (nSPS) is 23.7. The summed E-state index contributed by atoms with van der Waals surface area (Å²) in [5.74, 6) is 1.24. The summed E-state index contributed by atoms with van der Waals surface area (Å²) < 4.78 is 20.9. The molecule has 4 heterocycles. The van der Waals surface area contributed by atoms with Crippen molar-refractivity contribution >= 4 is 0 Å². The van der Waals surface area contributed by atoms with Crippen molar-refractivity contribution < 1.29 is 9.13 Å². The Labute approximate surface area is 163 Å². The van der Waals surface area contributed by atoms with E-state index in [0.29, 0.717) is 18.6 Å². The fourth-order valence-electron chi connectivity index (χ4n) is 4.30. The van der Waals surface area contributed by atoms with Gasteiger partial charge in [-0.25, -0.2) is 9.07 Å². The minimum atomic E-state index is -0.239. The van der Waals surface area contributed by atoms with E-state index in [1.54, 1.807) is 12.1 Å². The molecule has 28 heavy (non-hydrogen) atoms. The molecule has 3 aliphatic rings. The van der Waals surface area contributed by atoms with E-state index in [4.69, 9.17) is 4.74 Å². The molecule has 1 unspecified atom stereocenters. The Morgan fingerprint density at radius 1 is 1.07 bits per heavy atom. The van der Waals surface area contributed by atoms with Crippen LogP contribution in [0.25, 0.3) is 11.3 Å². The van der Waals surface area contributed by atoms with Crippen LogP contribution in [0.4, 0.5) is 4.39 Å². The molecule has 6 heteroatoms. The summed E-state index contributed by atoms with van der Waals surface area (Å²) in [7, 11) is 0. The Morgan fingerprint density at radius 2 is 1.89 bits per heavy atom. The quantitative estimate of drug-likeness (QED) is 0.675. The zero-order valence-corrected chi connectivity index (χ0v) is 15.7. The van der Waals surface area contributed by atoms with Crippen molar-refractivity contribution in [3.05, 3.63) is 66.1 Å². The van der Waals surface area contributed by atoms with Crippen LogP contribution in [0.1, 0.15) is 24.4 Å². The molecular formula is C22H23FN4O. The molecule has 2 aromatic carbocycles. The van der Waals surface area contributed by atoms with Gasteiger partial charge in [0.15, 0.2) is 0 Å². The highest BCUT2D eigenvalue weighted by molar-refractivity contribution is 5.59. The van der Waals surface area contributed by atoms with Gasteiger partial charge in [0.2, 0.25) is 0 Å². The first kappa shape index (κ1) is 17.4. The van der Waals surface area contributed by atoms with Crippen molar-refractivity contribution in [2.24, 2.45) is 5.92 Å². The van der Waals surface area contributed by atoms with Gasteiger partial charge in [-0.2, -0.15) is 0 Å². The number of fused-ring (bicyclic) bond motifs is 3. The van der Waals surface area contributed by atoms with Crippen molar-refractivity contribution in [3.8, 4) is 17.0 Å². The van der Waals surface area contributed by atoms with Gasteiger partial charge >= 0.3 is 0 Å². The third kappa shape index (κ3) is 3.52. The fraction of sp³-hybridized carbons (Fsp3) is 0.364. The summed E-state index contributed by atoms with van der Waals surface area (Å²) in [6.07, 6.45) is 4.57. The summed E-state index contributed by atoms with van der Waals surface area (Å²) in [6, 6.07) is 14.7. The Kier molecular flexibility index (Phi) is 4.56. The van der Waals surface area contributed by atoms with Crippen LogP contribution in [0.2, 0.25) is 0 Å². The van der Waals surface area contributed by atoms with Gasteiger partial charge in [0.25, 0.3) is 0 Å². The molecule has 0 aliphatic carbocycles. The fourth-order valence-corrected chi connectivity index (χ4v) is 4.30. The number of hydrogen-bond acceptors (Lipinski definition) is 4. The van der Waals surface area contributed by atoms with E-state index in [1.165, 1.54) is 38.1 Å². The molecule has 2 bridgehead atoms. The van der Waals surface area contributed by atoms with Crippen LogP contribution < -0.4 is 4.74 Å².